The van der Waals surface area contributed by atoms with E-state index in [1.807, 2.05) is 6.07 Å². The zero-order valence-corrected chi connectivity index (χ0v) is 13.2. The first-order valence-electron chi connectivity index (χ1n) is 8.04. The van der Waals surface area contributed by atoms with Crippen LogP contribution in [-0.4, -0.2) is 24.8 Å². The highest BCUT2D eigenvalue weighted by atomic mass is 16.5. The third kappa shape index (κ3) is 5.30. The highest BCUT2D eigenvalue weighted by Crippen LogP contribution is 2.28. The summed E-state index contributed by atoms with van der Waals surface area (Å²) in [5.74, 6) is 0.282. The molecule has 0 bridgehead atoms. The predicted octanol–water partition coefficient (Wildman–Crippen LogP) is 2.70. The molecule has 1 aromatic rings. The Morgan fingerprint density at radius 3 is 2.77 bits per heavy atom. The van der Waals surface area contributed by atoms with Crippen LogP contribution < -0.4 is 5.32 Å². The lowest BCUT2D eigenvalue weighted by molar-refractivity contribution is -0.127. The Kier molecular flexibility index (Phi) is 6.65. The van der Waals surface area contributed by atoms with Crippen molar-refractivity contribution in [2.45, 2.75) is 45.6 Å². The van der Waals surface area contributed by atoms with Gasteiger partial charge in [-0.05, 0) is 32.3 Å². The molecule has 0 saturated heterocycles. The lowest BCUT2D eigenvalue weighted by Crippen LogP contribution is -2.34. The van der Waals surface area contributed by atoms with E-state index in [0.717, 1.165) is 31.2 Å². The van der Waals surface area contributed by atoms with E-state index in [0.29, 0.717) is 26.2 Å². The van der Waals surface area contributed by atoms with Crippen molar-refractivity contribution in [3.05, 3.63) is 24.2 Å². The average molecular weight is 307 g/mol. The first kappa shape index (κ1) is 16.7. The molecule has 1 N–H and O–H groups in total. The molecule has 122 valence electrons. The van der Waals surface area contributed by atoms with E-state index in [-0.39, 0.29) is 23.5 Å². The van der Waals surface area contributed by atoms with Crippen LogP contribution in [-0.2, 0) is 20.9 Å². The fraction of sp³-hybridized carbons (Fsp3) is 0.647. The minimum absolute atomic E-state index is 0.0368. The molecule has 0 aromatic carbocycles. The number of ketones is 1. The van der Waals surface area contributed by atoms with Crippen LogP contribution in [0, 0.1) is 11.8 Å². The normalized spacial score (nSPS) is 22.0. The molecule has 5 nitrogen and oxygen atoms in total. The third-order valence-corrected chi connectivity index (χ3v) is 4.26. The molecule has 2 rings (SSSR count). The van der Waals surface area contributed by atoms with Gasteiger partial charge in [0.05, 0.1) is 25.7 Å². The maximum atomic E-state index is 12.2. The largest absolute Gasteiger partial charge is 0.472 e. The Hall–Kier alpha value is -1.62. The van der Waals surface area contributed by atoms with Crippen LogP contribution in [0.2, 0.25) is 0 Å². The van der Waals surface area contributed by atoms with Crippen molar-refractivity contribution in [2.24, 2.45) is 11.8 Å². The van der Waals surface area contributed by atoms with E-state index >= 15 is 0 Å². The van der Waals surface area contributed by atoms with Crippen molar-refractivity contribution < 1.29 is 18.7 Å². The van der Waals surface area contributed by atoms with Crippen molar-refractivity contribution in [3.8, 4) is 0 Å². The van der Waals surface area contributed by atoms with Crippen LogP contribution in [0.4, 0.5) is 0 Å². The third-order valence-electron chi connectivity index (χ3n) is 4.26. The minimum atomic E-state index is -0.0368. The summed E-state index contributed by atoms with van der Waals surface area (Å²) in [4.78, 5) is 23.8. The highest BCUT2D eigenvalue weighted by Gasteiger charge is 2.27. The molecule has 1 aliphatic rings. The molecular formula is C17H25NO4. The lowest BCUT2D eigenvalue weighted by atomic mass is 9.90. The van der Waals surface area contributed by atoms with Gasteiger partial charge in [-0.3, -0.25) is 9.59 Å². The van der Waals surface area contributed by atoms with Crippen LogP contribution in [0.15, 0.2) is 23.0 Å². The Bertz CT molecular complexity index is 469. The number of hydrogen-bond acceptors (Lipinski definition) is 4. The SMILES string of the molecule is CC(=O)C1CCCCC(C(=O)NCCOCc2ccoc2)C1. The van der Waals surface area contributed by atoms with Gasteiger partial charge in [-0.15, -0.1) is 0 Å². The predicted molar refractivity (Wildman–Crippen MR) is 82.1 cm³/mol. The fourth-order valence-electron chi connectivity index (χ4n) is 2.92. The number of ether oxygens (including phenoxy) is 1. The van der Waals surface area contributed by atoms with Crippen LogP contribution in [0.25, 0.3) is 0 Å². The molecule has 1 aromatic heterocycles. The van der Waals surface area contributed by atoms with E-state index in [1.54, 1.807) is 19.5 Å². The molecule has 1 saturated carbocycles. The molecular weight excluding hydrogens is 282 g/mol. The standard InChI is InChI=1S/C17H25NO4/c1-13(19)15-4-2-3-5-16(10-15)17(20)18-7-9-22-12-14-6-8-21-11-14/h6,8,11,15-16H,2-5,7,9-10,12H2,1H3,(H,18,20). The zero-order valence-electron chi connectivity index (χ0n) is 13.2. The Morgan fingerprint density at radius 1 is 1.32 bits per heavy atom. The molecule has 2 unspecified atom stereocenters. The minimum Gasteiger partial charge on any atom is -0.472 e. The van der Waals surface area contributed by atoms with E-state index in [9.17, 15) is 9.59 Å². The molecule has 0 spiro atoms. The van der Waals surface area contributed by atoms with E-state index in [2.05, 4.69) is 5.32 Å². The van der Waals surface area contributed by atoms with Gasteiger partial charge in [0, 0.05) is 23.9 Å². The van der Waals surface area contributed by atoms with Gasteiger partial charge < -0.3 is 14.5 Å². The second kappa shape index (κ2) is 8.73. The number of amides is 1. The van der Waals surface area contributed by atoms with Crippen molar-refractivity contribution in [2.75, 3.05) is 13.2 Å². The van der Waals surface area contributed by atoms with Gasteiger partial charge in [0.1, 0.15) is 5.78 Å². The molecule has 0 aliphatic heterocycles. The van der Waals surface area contributed by atoms with Gasteiger partial charge in [-0.1, -0.05) is 12.8 Å². The quantitative estimate of drug-likeness (QED) is 0.621. The van der Waals surface area contributed by atoms with Gasteiger partial charge in [-0.2, -0.15) is 0 Å². The molecule has 2 atom stereocenters. The summed E-state index contributed by atoms with van der Waals surface area (Å²) in [5, 5.41) is 2.92. The van der Waals surface area contributed by atoms with Crippen molar-refractivity contribution in [1.29, 1.82) is 0 Å². The zero-order chi connectivity index (χ0) is 15.8. The number of hydrogen-bond donors (Lipinski definition) is 1. The number of nitrogens with one attached hydrogen (secondary N) is 1. The lowest BCUT2D eigenvalue weighted by Gasteiger charge is -2.17. The number of carbonyl (C=O) groups excluding carboxylic acids is 2. The monoisotopic (exact) mass is 307 g/mol. The summed E-state index contributed by atoms with van der Waals surface area (Å²) in [6.45, 7) is 3.09. The average Bonchev–Trinajstić information content (AvgIpc) is 2.88. The topological polar surface area (TPSA) is 68.5 Å². The summed E-state index contributed by atoms with van der Waals surface area (Å²) in [5.41, 5.74) is 0.986. The summed E-state index contributed by atoms with van der Waals surface area (Å²) < 4.78 is 10.4. The summed E-state index contributed by atoms with van der Waals surface area (Å²) >= 11 is 0. The fourth-order valence-corrected chi connectivity index (χ4v) is 2.92. The molecule has 1 amide bonds. The number of furan rings is 1. The first-order chi connectivity index (χ1) is 10.7. The van der Waals surface area contributed by atoms with Crippen molar-refractivity contribution in [3.63, 3.8) is 0 Å². The van der Waals surface area contributed by atoms with Gasteiger partial charge in [0.15, 0.2) is 0 Å². The Balaban J connectivity index is 1.66. The second-order valence-corrected chi connectivity index (χ2v) is 6.00. The van der Waals surface area contributed by atoms with Gasteiger partial charge in [0.2, 0.25) is 5.91 Å². The molecule has 22 heavy (non-hydrogen) atoms. The van der Waals surface area contributed by atoms with E-state index < -0.39 is 0 Å². The van der Waals surface area contributed by atoms with E-state index in [4.69, 9.17) is 9.15 Å². The molecule has 5 heteroatoms. The Morgan fingerprint density at radius 2 is 2.09 bits per heavy atom. The van der Waals surface area contributed by atoms with Gasteiger partial charge in [0.25, 0.3) is 0 Å². The van der Waals surface area contributed by atoms with Crippen LogP contribution >= 0.6 is 0 Å². The number of carbonyl (C=O) groups is 2. The maximum Gasteiger partial charge on any atom is 0.223 e. The van der Waals surface area contributed by atoms with Gasteiger partial charge in [-0.25, -0.2) is 0 Å². The number of Topliss-reactive ketones (excluding diaryl/α,β-unsaturated/α-hetero) is 1. The first-order valence-corrected chi connectivity index (χ1v) is 8.04. The molecule has 1 fully saturated rings. The van der Waals surface area contributed by atoms with Gasteiger partial charge >= 0.3 is 0 Å². The summed E-state index contributed by atoms with van der Waals surface area (Å²) in [7, 11) is 0. The smallest absolute Gasteiger partial charge is 0.223 e. The van der Waals surface area contributed by atoms with E-state index in [1.165, 1.54) is 0 Å². The molecule has 1 aliphatic carbocycles. The number of rotatable bonds is 7. The maximum absolute atomic E-state index is 12.2. The molecule has 0 radical (unpaired) electrons. The summed E-state index contributed by atoms with van der Waals surface area (Å²) in [6, 6.07) is 1.85. The van der Waals surface area contributed by atoms with Crippen LogP contribution in [0.5, 0.6) is 0 Å². The Labute approximate surface area is 131 Å². The second-order valence-electron chi connectivity index (χ2n) is 6.00. The van der Waals surface area contributed by atoms with Crippen LogP contribution in [0.1, 0.15) is 44.6 Å². The highest BCUT2D eigenvalue weighted by molar-refractivity contribution is 5.82. The van der Waals surface area contributed by atoms with Crippen molar-refractivity contribution >= 4 is 11.7 Å². The summed E-state index contributed by atoms with van der Waals surface area (Å²) in [6.07, 6.45) is 7.82. The van der Waals surface area contributed by atoms with Crippen molar-refractivity contribution in [1.82, 2.24) is 5.32 Å². The molecule has 1 heterocycles. The van der Waals surface area contributed by atoms with Crippen LogP contribution in [0.3, 0.4) is 0 Å².